The molecule has 10 heteroatoms. The zero-order valence-corrected chi connectivity index (χ0v) is 18.8. The number of oxime groups is 1. The quantitative estimate of drug-likeness (QED) is 0.559. The molecule has 0 fully saturated rings. The molecule has 0 spiro atoms. The van der Waals surface area contributed by atoms with Crippen LogP contribution in [0.5, 0.6) is 11.5 Å². The summed E-state index contributed by atoms with van der Waals surface area (Å²) in [6.45, 7) is 3.83. The lowest BCUT2D eigenvalue weighted by molar-refractivity contribution is -0.137. The van der Waals surface area contributed by atoms with Gasteiger partial charge in [0.2, 0.25) is 5.91 Å². The molecule has 1 amide bonds. The summed E-state index contributed by atoms with van der Waals surface area (Å²) in [6.07, 6.45) is -4.14. The van der Waals surface area contributed by atoms with Gasteiger partial charge in [0.15, 0.2) is 6.10 Å². The molecule has 5 nitrogen and oxygen atoms in total. The number of benzene rings is 2. The fourth-order valence-corrected chi connectivity index (χ4v) is 3.61. The van der Waals surface area contributed by atoms with E-state index in [1.54, 1.807) is 6.07 Å². The van der Waals surface area contributed by atoms with Gasteiger partial charge in [-0.15, -0.1) is 11.8 Å². The van der Waals surface area contributed by atoms with Crippen molar-refractivity contribution in [3.05, 3.63) is 59.2 Å². The van der Waals surface area contributed by atoms with E-state index in [9.17, 15) is 18.0 Å². The Balaban J connectivity index is 0.00000341. The van der Waals surface area contributed by atoms with Crippen LogP contribution in [0, 0.1) is 6.92 Å². The van der Waals surface area contributed by atoms with Crippen molar-refractivity contribution in [2.75, 3.05) is 12.3 Å². The van der Waals surface area contributed by atoms with Gasteiger partial charge in [0, 0.05) is 25.6 Å². The normalized spacial score (nSPS) is 15.5. The molecule has 0 bridgehead atoms. The first-order chi connectivity index (χ1) is 14.2. The van der Waals surface area contributed by atoms with Crippen LogP contribution >= 0.6 is 25.3 Å². The predicted octanol–water partition coefficient (Wildman–Crippen LogP) is 5.56. The summed E-state index contributed by atoms with van der Waals surface area (Å²) in [5.74, 6) is 1.18. The second-order valence-corrected chi connectivity index (χ2v) is 7.94. The van der Waals surface area contributed by atoms with E-state index >= 15 is 0 Å². The van der Waals surface area contributed by atoms with Crippen molar-refractivity contribution in [2.24, 2.45) is 5.16 Å². The fraction of sp³-hybridized carbons (Fsp3) is 0.333. The molecule has 1 heterocycles. The molecule has 0 saturated heterocycles. The molecular formula is C21H23F3N2O3S2. The van der Waals surface area contributed by atoms with Gasteiger partial charge in [-0.1, -0.05) is 23.4 Å². The molecule has 0 unspecified atom stereocenters. The zero-order chi connectivity index (χ0) is 21.7. The lowest BCUT2D eigenvalue weighted by atomic mass is 10.0. The van der Waals surface area contributed by atoms with Gasteiger partial charge < -0.3 is 14.9 Å². The number of carbonyl (C=O) groups excluding carboxylic acids is 1. The van der Waals surface area contributed by atoms with Crippen molar-refractivity contribution < 1.29 is 27.5 Å². The summed E-state index contributed by atoms with van der Waals surface area (Å²) < 4.78 is 44.5. The monoisotopic (exact) mass is 472 g/mol. The molecule has 168 valence electrons. The fourth-order valence-electron chi connectivity index (χ4n) is 2.81. The number of nitrogens with one attached hydrogen (secondary N) is 1. The highest BCUT2D eigenvalue weighted by molar-refractivity contribution is 8.13. The van der Waals surface area contributed by atoms with E-state index in [1.807, 2.05) is 19.1 Å². The zero-order valence-electron chi connectivity index (χ0n) is 17.0. The summed E-state index contributed by atoms with van der Waals surface area (Å²) in [4.78, 5) is 16.4. The Bertz CT molecular complexity index is 952. The first-order valence-corrected chi connectivity index (χ1v) is 10.3. The van der Waals surface area contributed by atoms with Crippen LogP contribution in [-0.2, 0) is 15.8 Å². The van der Waals surface area contributed by atoms with Crippen LogP contribution in [0.15, 0.2) is 47.6 Å². The molecule has 3 rings (SSSR count). The van der Waals surface area contributed by atoms with Gasteiger partial charge in [-0.3, -0.25) is 4.79 Å². The summed E-state index contributed by atoms with van der Waals surface area (Å²) in [6, 6.07) is 10.3. The first-order valence-electron chi connectivity index (χ1n) is 9.28. The number of ether oxygens (including phenoxy) is 1. The molecule has 0 aliphatic carbocycles. The van der Waals surface area contributed by atoms with Crippen molar-refractivity contribution in [3.8, 4) is 11.5 Å². The second-order valence-electron chi connectivity index (χ2n) is 6.77. The minimum Gasteiger partial charge on any atom is -0.457 e. The van der Waals surface area contributed by atoms with E-state index in [2.05, 4.69) is 10.5 Å². The standard InChI is InChI=1S/C21H21F3N2O3S.H2S/c1-13-6-7-15(19-12-20(26-29-19)30-9-8-25-14(2)27)10-18(13)28-17-5-3-4-16(11-17)21(22,23)24;/h3-7,10-11,19H,8-9,12H2,1-2H3,(H,25,27);1H2/t19-;/m0./s1. The third kappa shape index (κ3) is 7.10. The number of halogens is 3. The van der Waals surface area contributed by atoms with Gasteiger partial charge in [0.25, 0.3) is 0 Å². The number of thioether (sulfide) groups is 1. The second kappa shape index (κ2) is 10.8. The molecule has 1 aliphatic heterocycles. The molecule has 2 aromatic carbocycles. The minimum absolute atomic E-state index is 0. The number of amides is 1. The van der Waals surface area contributed by atoms with E-state index in [0.29, 0.717) is 24.5 Å². The van der Waals surface area contributed by atoms with E-state index in [0.717, 1.165) is 28.3 Å². The number of alkyl halides is 3. The smallest absolute Gasteiger partial charge is 0.416 e. The average molecular weight is 473 g/mol. The number of carbonyl (C=O) groups is 1. The highest BCUT2D eigenvalue weighted by Crippen LogP contribution is 2.36. The number of nitrogens with zero attached hydrogens (tertiary/aromatic N) is 1. The maximum atomic E-state index is 12.9. The molecule has 1 atom stereocenters. The molecule has 1 N–H and O–H groups in total. The van der Waals surface area contributed by atoms with Crippen molar-refractivity contribution in [3.63, 3.8) is 0 Å². The lowest BCUT2D eigenvalue weighted by Crippen LogP contribution is -2.22. The van der Waals surface area contributed by atoms with Crippen LogP contribution in [0.4, 0.5) is 13.2 Å². The summed E-state index contributed by atoms with van der Waals surface area (Å²) in [5, 5.41) is 7.63. The van der Waals surface area contributed by atoms with Crippen LogP contribution in [0.25, 0.3) is 0 Å². The number of aryl methyl sites for hydroxylation is 1. The number of hydrogen-bond donors (Lipinski definition) is 1. The Morgan fingerprint density at radius 3 is 2.77 bits per heavy atom. The highest BCUT2D eigenvalue weighted by atomic mass is 32.2. The Labute approximate surface area is 189 Å². The molecular weight excluding hydrogens is 449 g/mol. The minimum atomic E-state index is -4.43. The van der Waals surface area contributed by atoms with Gasteiger partial charge in [0.05, 0.1) is 5.56 Å². The largest absolute Gasteiger partial charge is 0.457 e. The van der Waals surface area contributed by atoms with E-state index < -0.39 is 11.7 Å². The van der Waals surface area contributed by atoms with Gasteiger partial charge in [-0.2, -0.15) is 26.7 Å². The molecule has 0 radical (unpaired) electrons. The number of rotatable bonds is 6. The molecule has 2 aromatic rings. The van der Waals surface area contributed by atoms with Gasteiger partial charge in [-0.25, -0.2) is 0 Å². The molecule has 1 aliphatic rings. The maximum absolute atomic E-state index is 12.9. The van der Waals surface area contributed by atoms with Crippen LogP contribution in [0.2, 0.25) is 0 Å². The predicted molar refractivity (Wildman–Crippen MR) is 120 cm³/mol. The Morgan fingerprint density at radius 1 is 1.29 bits per heavy atom. The van der Waals surface area contributed by atoms with E-state index in [1.165, 1.54) is 30.8 Å². The van der Waals surface area contributed by atoms with Crippen LogP contribution in [-0.4, -0.2) is 23.2 Å². The van der Waals surface area contributed by atoms with E-state index in [4.69, 9.17) is 9.57 Å². The molecule has 31 heavy (non-hydrogen) atoms. The highest BCUT2D eigenvalue weighted by Gasteiger charge is 2.30. The Kier molecular flexibility index (Phi) is 8.69. The van der Waals surface area contributed by atoms with Gasteiger partial charge in [-0.05, 0) is 42.3 Å². The summed E-state index contributed by atoms with van der Waals surface area (Å²) in [7, 11) is 0. The third-order valence-corrected chi connectivity index (χ3v) is 5.34. The lowest BCUT2D eigenvalue weighted by Gasteiger charge is -2.14. The number of hydrogen-bond acceptors (Lipinski definition) is 5. The van der Waals surface area contributed by atoms with Crippen molar-refractivity contribution in [2.45, 2.75) is 32.5 Å². The Morgan fingerprint density at radius 2 is 2.06 bits per heavy atom. The topological polar surface area (TPSA) is 59.9 Å². The third-order valence-electron chi connectivity index (χ3n) is 4.36. The van der Waals surface area contributed by atoms with Gasteiger partial charge >= 0.3 is 6.18 Å². The molecule has 0 saturated carbocycles. The van der Waals surface area contributed by atoms with E-state index in [-0.39, 0.29) is 31.3 Å². The van der Waals surface area contributed by atoms with Crippen molar-refractivity contribution >= 4 is 36.2 Å². The van der Waals surface area contributed by atoms with Crippen LogP contribution in [0.3, 0.4) is 0 Å². The van der Waals surface area contributed by atoms with Crippen molar-refractivity contribution in [1.82, 2.24) is 5.32 Å². The average Bonchev–Trinajstić information content (AvgIpc) is 3.15. The van der Waals surface area contributed by atoms with Crippen LogP contribution in [0.1, 0.15) is 36.1 Å². The van der Waals surface area contributed by atoms with Crippen LogP contribution < -0.4 is 10.1 Å². The van der Waals surface area contributed by atoms with Gasteiger partial charge in [0.1, 0.15) is 16.5 Å². The Hall–Kier alpha value is -2.33. The summed E-state index contributed by atoms with van der Waals surface area (Å²) >= 11 is 1.51. The van der Waals surface area contributed by atoms with Crippen molar-refractivity contribution in [1.29, 1.82) is 0 Å². The first kappa shape index (κ1) is 24.9. The molecule has 0 aromatic heterocycles. The summed E-state index contributed by atoms with van der Waals surface area (Å²) in [5.41, 5.74) is 0.853. The SMILES string of the molecule is CC(=O)NCCSC1=NO[C@H](c2ccc(C)c(Oc3cccc(C(F)(F)F)c3)c2)C1.S. The maximum Gasteiger partial charge on any atom is 0.416 e.